The normalized spacial score (nSPS) is 13.4. The highest BCUT2D eigenvalue weighted by Gasteiger charge is 2.00. The van der Waals surface area contributed by atoms with Gasteiger partial charge < -0.3 is 16.0 Å². The van der Waals surface area contributed by atoms with Crippen molar-refractivity contribution in [3.8, 4) is 0 Å². The molecule has 11 heavy (non-hydrogen) atoms. The molecule has 3 N–H and O–H groups in total. The van der Waals surface area contributed by atoms with Crippen LogP contribution in [0.15, 0.2) is 0 Å². The molecular weight excluding hydrogens is 158 g/mol. The van der Waals surface area contributed by atoms with Gasteiger partial charge in [0.05, 0.1) is 0 Å². The van der Waals surface area contributed by atoms with Gasteiger partial charge in [-0.05, 0) is 14.1 Å². The molecule has 68 valence electrons. The first kappa shape index (κ1) is 11.2. The second-order valence-corrected chi connectivity index (χ2v) is 2.84. The smallest absolute Gasteiger partial charge is 0.0277 e. The molecule has 0 aliphatic heterocycles. The van der Waals surface area contributed by atoms with Crippen LogP contribution in [0.5, 0.6) is 0 Å². The Morgan fingerprint density at radius 3 is 2.45 bits per heavy atom. The second-order valence-electron chi connectivity index (χ2n) is 2.48. The van der Waals surface area contributed by atoms with E-state index in [1.54, 1.807) is 0 Å². The van der Waals surface area contributed by atoms with Gasteiger partial charge in [0.2, 0.25) is 0 Å². The first-order valence-corrected chi connectivity index (χ1v) is 4.61. The van der Waals surface area contributed by atoms with Crippen LogP contribution in [-0.2, 0) is 0 Å². The molecule has 0 aliphatic rings. The van der Waals surface area contributed by atoms with E-state index >= 15 is 0 Å². The van der Waals surface area contributed by atoms with Crippen molar-refractivity contribution in [3.05, 3.63) is 0 Å². The van der Waals surface area contributed by atoms with E-state index in [1.807, 2.05) is 14.1 Å². The molecule has 0 aromatic carbocycles. The van der Waals surface area contributed by atoms with Crippen molar-refractivity contribution >= 4 is 12.6 Å². The molecule has 0 aromatic heterocycles. The Bertz CT molecular complexity index is 76.1. The molecule has 0 rings (SSSR count). The van der Waals surface area contributed by atoms with E-state index in [1.165, 1.54) is 0 Å². The van der Waals surface area contributed by atoms with Crippen LogP contribution < -0.4 is 16.0 Å². The molecule has 0 unspecified atom stereocenters. The van der Waals surface area contributed by atoms with Gasteiger partial charge in [0, 0.05) is 31.4 Å². The molecule has 0 aliphatic carbocycles. The molecule has 0 spiro atoms. The molecule has 0 amide bonds. The number of nitrogens with one attached hydrogen (secondary N) is 3. The standard InChI is InChI=1S/C7H19N3S/c1-8-3-4-10-5-7(6-11)9-2/h7-11H,3-6H2,1-2H3/t7-/m1/s1. The number of thiol groups is 1. The summed E-state index contributed by atoms with van der Waals surface area (Å²) < 4.78 is 0. The van der Waals surface area contributed by atoms with Crippen molar-refractivity contribution in [1.82, 2.24) is 16.0 Å². The average molecular weight is 177 g/mol. The maximum absolute atomic E-state index is 4.20. The Labute approximate surface area is 74.7 Å². The summed E-state index contributed by atoms with van der Waals surface area (Å²) in [6.45, 7) is 3.02. The van der Waals surface area contributed by atoms with Gasteiger partial charge in [-0.2, -0.15) is 12.6 Å². The van der Waals surface area contributed by atoms with E-state index in [0.717, 1.165) is 25.4 Å². The van der Waals surface area contributed by atoms with Crippen LogP contribution in [0.2, 0.25) is 0 Å². The summed E-state index contributed by atoms with van der Waals surface area (Å²) >= 11 is 4.20. The summed E-state index contributed by atoms with van der Waals surface area (Å²) in [4.78, 5) is 0. The van der Waals surface area contributed by atoms with Crippen LogP contribution >= 0.6 is 12.6 Å². The Kier molecular flexibility index (Phi) is 8.50. The lowest BCUT2D eigenvalue weighted by Crippen LogP contribution is -2.39. The van der Waals surface area contributed by atoms with E-state index in [0.29, 0.717) is 6.04 Å². The Balaban J connectivity index is 3.07. The van der Waals surface area contributed by atoms with Gasteiger partial charge in [-0.3, -0.25) is 0 Å². The van der Waals surface area contributed by atoms with Gasteiger partial charge in [-0.25, -0.2) is 0 Å². The molecule has 1 atom stereocenters. The fraction of sp³-hybridized carbons (Fsp3) is 1.00. The van der Waals surface area contributed by atoms with Crippen molar-refractivity contribution in [3.63, 3.8) is 0 Å². The summed E-state index contributed by atoms with van der Waals surface area (Å²) in [5.74, 6) is 0.878. The Morgan fingerprint density at radius 2 is 2.00 bits per heavy atom. The van der Waals surface area contributed by atoms with Crippen LogP contribution in [0.3, 0.4) is 0 Å². The Morgan fingerprint density at radius 1 is 1.27 bits per heavy atom. The minimum absolute atomic E-state index is 0.482. The van der Waals surface area contributed by atoms with Crippen molar-refractivity contribution < 1.29 is 0 Å². The third-order valence-electron chi connectivity index (χ3n) is 1.57. The van der Waals surface area contributed by atoms with Crippen LogP contribution in [0.4, 0.5) is 0 Å². The minimum Gasteiger partial charge on any atom is -0.318 e. The molecule has 0 saturated heterocycles. The highest BCUT2D eigenvalue weighted by molar-refractivity contribution is 7.80. The van der Waals surface area contributed by atoms with Crippen molar-refractivity contribution in [2.24, 2.45) is 0 Å². The number of hydrogen-bond donors (Lipinski definition) is 4. The minimum atomic E-state index is 0.482. The summed E-state index contributed by atoms with van der Waals surface area (Å²) in [6, 6.07) is 0.482. The first-order valence-electron chi connectivity index (χ1n) is 3.98. The van der Waals surface area contributed by atoms with E-state index < -0.39 is 0 Å². The summed E-state index contributed by atoms with van der Waals surface area (Å²) in [7, 11) is 3.91. The number of rotatable bonds is 7. The van der Waals surface area contributed by atoms with E-state index in [2.05, 4.69) is 28.6 Å². The predicted octanol–water partition coefficient (Wildman–Crippen LogP) is -0.687. The van der Waals surface area contributed by atoms with E-state index in [4.69, 9.17) is 0 Å². The van der Waals surface area contributed by atoms with Gasteiger partial charge >= 0.3 is 0 Å². The fourth-order valence-corrected chi connectivity index (χ4v) is 1.06. The third-order valence-corrected chi connectivity index (χ3v) is 2.01. The van der Waals surface area contributed by atoms with Crippen LogP contribution in [0, 0.1) is 0 Å². The maximum atomic E-state index is 4.20. The lowest BCUT2D eigenvalue weighted by molar-refractivity contribution is 0.542. The highest BCUT2D eigenvalue weighted by atomic mass is 32.1. The Hall–Kier alpha value is 0.230. The molecule has 4 heteroatoms. The molecule has 0 heterocycles. The predicted molar refractivity (Wildman–Crippen MR) is 53.5 cm³/mol. The molecular formula is C7H19N3S. The van der Waals surface area contributed by atoms with Gasteiger partial charge in [0.25, 0.3) is 0 Å². The lowest BCUT2D eigenvalue weighted by atomic mass is 10.3. The fourth-order valence-electron chi connectivity index (χ4n) is 0.748. The van der Waals surface area contributed by atoms with Crippen molar-refractivity contribution in [2.45, 2.75) is 6.04 Å². The zero-order chi connectivity index (χ0) is 8.53. The topological polar surface area (TPSA) is 36.1 Å². The zero-order valence-corrected chi connectivity index (χ0v) is 8.25. The largest absolute Gasteiger partial charge is 0.318 e. The molecule has 0 radical (unpaired) electrons. The van der Waals surface area contributed by atoms with Gasteiger partial charge in [-0.1, -0.05) is 0 Å². The van der Waals surface area contributed by atoms with Crippen LogP contribution in [0.25, 0.3) is 0 Å². The van der Waals surface area contributed by atoms with Crippen molar-refractivity contribution in [2.75, 3.05) is 39.5 Å². The second kappa shape index (κ2) is 8.33. The molecule has 0 saturated carbocycles. The highest BCUT2D eigenvalue weighted by Crippen LogP contribution is 1.83. The monoisotopic (exact) mass is 177 g/mol. The van der Waals surface area contributed by atoms with Gasteiger partial charge in [0.15, 0.2) is 0 Å². The SMILES string of the molecule is CNCCNC[C@H](CS)NC. The van der Waals surface area contributed by atoms with Gasteiger partial charge in [-0.15, -0.1) is 0 Å². The average Bonchev–Trinajstić information content (AvgIpc) is 2.05. The summed E-state index contributed by atoms with van der Waals surface area (Å²) in [5.41, 5.74) is 0. The molecule has 3 nitrogen and oxygen atoms in total. The quantitative estimate of drug-likeness (QED) is 0.307. The summed E-state index contributed by atoms with van der Waals surface area (Å²) in [5, 5.41) is 9.56. The maximum Gasteiger partial charge on any atom is 0.0277 e. The molecule has 0 fully saturated rings. The lowest BCUT2D eigenvalue weighted by Gasteiger charge is -2.13. The zero-order valence-electron chi connectivity index (χ0n) is 7.35. The van der Waals surface area contributed by atoms with Crippen LogP contribution in [-0.4, -0.2) is 45.5 Å². The van der Waals surface area contributed by atoms with E-state index in [9.17, 15) is 0 Å². The third kappa shape index (κ3) is 6.62. The van der Waals surface area contributed by atoms with E-state index in [-0.39, 0.29) is 0 Å². The summed E-state index contributed by atoms with van der Waals surface area (Å²) in [6.07, 6.45) is 0. The number of likely N-dealkylation sites (N-methyl/N-ethyl adjacent to an activating group) is 2. The molecule has 0 aromatic rings. The molecule has 0 bridgehead atoms. The van der Waals surface area contributed by atoms with Crippen LogP contribution in [0.1, 0.15) is 0 Å². The first-order chi connectivity index (χ1) is 5.35. The number of hydrogen-bond acceptors (Lipinski definition) is 4. The van der Waals surface area contributed by atoms with Gasteiger partial charge in [0.1, 0.15) is 0 Å². The van der Waals surface area contributed by atoms with Crippen molar-refractivity contribution in [1.29, 1.82) is 0 Å².